The number of carbonyl (C=O) groups is 2. The van der Waals surface area contributed by atoms with Crippen molar-refractivity contribution in [2.75, 3.05) is 14.1 Å². The molecule has 0 unspecified atom stereocenters. The highest BCUT2D eigenvalue weighted by Gasteiger charge is 2.12. The fourth-order valence-corrected chi connectivity index (χ4v) is 2.33. The summed E-state index contributed by atoms with van der Waals surface area (Å²) in [7, 11) is 3.37. The van der Waals surface area contributed by atoms with E-state index in [0.29, 0.717) is 10.0 Å². The van der Waals surface area contributed by atoms with E-state index in [1.165, 1.54) is 23.1 Å². The van der Waals surface area contributed by atoms with Crippen LogP contribution in [0.4, 0.5) is 4.39 Å². The summed E-state index contributed by atoms with van der Waals surface area (Å²) in [5.41, 5.74) is 1.38. The predicted octanol–water partition coefficient (Wildman–Crippen LogP) is 3.22. The average Bonchev–Trinajstić information content (AvgIpc) is 2.54. The Kier molecular flexibility index (Phi) is 5.50. The average molecular weight is 379 g/mol. The molecule has 0 saturated heterocycles. The summed E-state index contributed by atoms with van der Waals surface area (Å²) in [4.78, 5) is 25.3. The molecule has 120 valence electrons. The van der Waals surface area contributed by atoms with Gasteiger partial charge in [-0.3, -0.25) is 9.59 Å². The van der Waals surface area contributed by atoms with Crippen molar-refractivity contribution in [3.63, 3.8) is 0 Å². The summed E-state index contributed by atoms with van der Waals surface area (Å²) in [5.74, 6) is -1.15. The minimum Gasteiger partial charge on any atom is -0.348 e. The number of amides is 2. The summed E-state index contributed by atoms with van der Waals surface area (Å²) in [6.45, 7) is 0.251. The van der Waals surface area contributed by atoms with Gasteiger partial charge in [0.05, 0.1) is 5.56 Å². The summed E-state index contributed by atoms with van der Waals surface area (Å²) in [6, 6.07) is 11.1. The maximum atomic E-state index is 13.6. The highest BCUT2D eigenvalue weighted by molar-refractivity contribution is 9.10. The van der Waals surface area contributed by atoms with Gasteiger partial charge in [-0.05, 0) is 35.9 Å². The van der Waals surface area contributed by atoms with Gasteiger partial charge in [-0.25, -0.2) is 4.39 Å². The number of rotatable bonds is 4. The molecule has 0 spiro atoms. The normalized spacial score (nSPS) is 10.3. The zero-order chi connectivity index (χ0) is 17.0. The fourth-order valence-electron chi connectivity index (χ4n) is 1.97. The van der Waals surface area contributed by atoms with Crippen LogP contribution in [0.1, 0.15) is 26.3 Å². The third-order valence-corrected chi connectivity index (χ3v) is 3.73. The number of nitrogens with one attached hydrogen (secondary N) is 1. The Balaban J connectivity index is 2.02. The second-order valence-corrected chi connectivity index (χ2v) is 6.12. The van der Waals surface area contributed by atoms with Crippen LogP contribution in [0.15, 0.2) is 46.9 Å². The summed E-state index contributed by atoms with van der Waals surface area (Å²) in [6.07, 6.45) is 0. The molecule has 0 aliphatic carbocycles. The van der Waals surface area contributed by atoms with Gasteiger partial charge < -0.3 is 10.2 Å². The van der Waals surface area contributed by atoms with E-state index >= 15 is 0 Å². The Labute approximate surface area is 142 Å². The molecule has 0 saturated carbocycles. The van der Waals surface area contributed by atoms with Gasteiger partial charge in [-0.1, -0.05) is 28.1 Å². The van der Waals surface area contributed by atoms with Gasteiger partial charge in [0.15, 0.2) is 0 Å². The maximum Gasteiger partial charge on any atom is 0.254 e. The van der Waals surface area contributed by atoms with Crippen LogP contribution >= 0.6 is 15.9 Å². The molecule has 0 aliphatic rings. The van der Waals surface area contributed by atoms with E-state index in [4.69, 9.17) is 0 Å². The van der Waals surface area contributed by atoms with Crippen LogP contribution in [0.3, 0.4) is 0 Å². The molecule has 1 N–H and O–H groups in total. The van der Waals surface area contributed by atoms with E-state index in [-0.39, 0.29) is 18.0 Å². The first kappa shape index (κ1) is 17.1. The fraction of sp³-hybridized carbons (Fsp3) is 0.176. The zero-order valence-electron chi connectivity index (χ0n) is 12.8. The molecule has 0 aromatic heterocycles. The monoisotopic (exact) mass is 378 g/mol. The molecule has 0 radical (unpaired) electrons. The predicted molar refractivity (Wildman–Crippen MR) is 89.7 cm³/mol. The van der Waals surface area contributed by atoms with Gasteiger partial charge in [-0.2, -0.15) is 0 Å². The smallest absolute Gasteiger partial charge is 0.254 e. The molecule has 0 aliphatic heterocycles. The maximum absolute atomic E-state index is 13.6. The van der Waals surface area contributed by atoms with Crippen LogP contribution in [-0.2, 0) is 6.54 Å². The lowest BCUT2D eigenvalue weighted by molar-refractivity contribution is 0.0827. The van der Waals surface area contributed by atoms with Gasteiger partial charge >= 0.3 is 0 Å². The number of carbonyl (C=O) groups excluding carboxylic acids is 2. The van der Waals surface area contributed by atoms with Crippen LogP contribution in [0.25, 0.3) is 0 Å². The zero-order valence-corrected chi connectivity index (χ0v) is 14.4. The second kappa shape index (κ2) is 7.37. The quantitative estimate of drug-likeness (QED) is 0.887. The van der Waals surface area contributed by atoms with Gasteiger partial charge in [0.1, 0.15) is 5.82 Å². The molecular weight excluding hydrogens is 363 g/mol. The minimum atomic E-state index is -0.572. The van der Waals surface area contributed by atoms with Gasteiger partial charge in [-0.15, -0.1) is 0 Å². The van der Waals surface area contributed by atoms with Crippen LogP contribution < -0.4 is 5.32 Å². The number of benzene rings is 2. The molecule has 0 heterocycles. The van der Waals surface area contributed by atoms with Crippen molar-refractivity contribution in [2.45, 2.75) is 6.54 Å². The van der Waals surface area contributed by atoms with E-state index in [1.54, 1.807) is 38.4 Å². The third-order valence-electron chi connectivity index (χ3n) is 3.23. The summed E-state index contributed by atoms with van der Waals surface area (Å²) >= 11 is 3.21. The number of nitrogens with zero attached hydrogens (tertiary/aromatic N) is 1. The molecule has 23 heavy (non-hydrogen) atoms. The van der Waals surface area contributed by atoms with Gasteiger partial charge in [0, 0.05) is 30.7 Å². The number of halogens is 2. The SMILES string of the molecule is CN(C)C(=O)c1ccc(CNC(=O)c2cc(Br)ccc2F)cc1. The van der Waals surface area contributed by atoms with Gasteiger partial charge in [0.25, 0.3) is 11.8 Å². The first-order valence-electron chi connectivity index (χ1n) is 6.92. The van der Waals surface area contributed by atoms with Crippen molar-refractivity contribution >= 4 is 27.7 Å². The van der Waals surface area contributed by atoms with Gasteiger partial charge in [0.2, 0.25) is 0 Å². The highest BCUT2D eigenvalue weighted by Crippen LogP contribution is 2.15. The lowest BCUT2D eigenvalue weighted by Crippen LogP contribution is -2.24. The van der Waals surface area contributed by atoms with E-state index in [0.717, 1.165) is 5.56 Å². The molecular formula is C17H16BrFN2O2. The summed E-state index contributed by atoms with van der Waals surface area (Å²) < 4.78 is 14.3. The van der Waals surface area contributed by atoms with Crippen molar-refractivity contribution in [1.29, 1.82) is 0 Å². The van der Waals surface area contributed by atoms with Crippen molar-refractivity contribution < 1.29 is 14.0 Å². The third kappa shape index (κ3) is 4.39. The molecule has 6 heteroatoms. The highest BCUT2D eigenvalue weighted by atomic mass is 79.9. The van der Waals surface area contributed by atoms with Crippen molar-refractivity contribution in [1.82, 2.24) is 10.2 Å². The number of hydrogen-bond acceptors (Lipinski definition) is 2. The molecule has 4 nitrogen and oxygen atoms in total. The van der Waals surface area contributed by atoms with E-state index in [2.05, 4.69) is 21.2 Å². The van der Waals surface area contributed by atoms with E-state index < -0.39 is 11.7 Å². The van der Waals surface area contributed by atoms with E-state index in [1.807, 2.05) is 0 Å². The number of hydrogen-bond donors (Lipinski definition) is 1. The molecule has 0 atom stereocenters. The Morgan fingerprint density at radius 3 is 2.39 bits per heavy atom. The summed E-state index contributed by atoms with van der Waals surface area (Å²) in [5, 5.41) is 2.66. The Morgan fingerprint density at radius 2 is 1.78 bits per heavy atom. The minimum absolute atomic E-state index is 0.0150. The molecule has 0 bridgehead atoms. The molecule has 0 fully saturated rings. The van der Waals surface area contributed by atoms with Crippen molar-refractivity contribution in [3.05, 3.63) is 69.4 Å². The molecule has 2 rings (SSSR count). The standard InChI is InChI=1S/C17H16BrFN2O2/c1-21(2)17(23)12-5-3-11(4-6-12)10-20-16(22)14-9-13(18)7-8-15(14)19/h3-9H,10H2,1-2H3,(H,20,22). The largest absolute Gasteiger partial charge is 0.348 e. The van der Waals surface area contributed by atoms with Crippen molar-refractivity contribution in [3.8, 4) is 0 Å². The van der Waals surface area contributed by atoms with Crippen LogP contribution in [0.5, 0.6) is 0 Å². The van der Waals surface area contributed by atoms with E-state index in [9.17, 15) is 14.0 Å². The lowest BCUT2D eigenvalue weighted by Gasteiger charge is -2.11. The first-order chi connectivity index (χ1) is 10.9. The van der Waals surface area contributed by atoms with Crippen molar-refractivity contribution in [2.24, 2.45) is 0 Å². The van der Waals surface area contributed by atoms with Crippen LogP contribution in [0, 0.1) is 5.82 Å². The van der Waals surface area contributed by atoms with Crippen LogP contribution in [-0.4, -0.2) is 30.8 Å². The Morgan fingerprint density at radius 1 is 1.13 bits per heavy atom. The first-order valence-corrected chi connectivity index (χ1v) is 7.71. The Bertz CT molecular complexity index is 730. The Hall–Kier alpha value is -2.21. The molecule has 2 amide bonds. The topological polar surface area (TPSA) is 49.4 Å². The second-order valence-electron chi connectivity index (χ2n) is 5.20. The van der Waals surface area contributed by atoms with Crippen LogP contribution in [0.2, 0.25) is 0 Å². The molecule has 2 aromatic rings. The lowest BCUT2D eigenvalue weighted by atomic mass is 10.1. The molecule has 2 aromatic carbocycles.